The molecule has 0 aliphatic heterocycles. The minimum atomic E-state index is 0.260. The second kappa shape index (κ2) is 30.7. The molecular weight excluding hydrogens is 412 g/mol. The van der Waals surface area contributed by atoms with Crippen molar-refractivity contribution in [3.05, 3.63) is 6.42 Å². The van der Waals surface area contributed by atoms with Crippen LogP contribution >= 0.6 is 0 Å². The van der Waals surface area contributed by atoms with Crippen molar-refractivity contribution in [2.75, 3.05) is 0 Å². The lowest BCUT2D eigenvalue weighted by Gasteiger charge is -2.05. The molecule has 0 aliphatic rings. The van der Waals surface area contributed by atoms with Gasteiger partial charge in [-0.25, -0.2) is 0 Å². The minimum absolute atomic E-state index is 0.260. The van der Waals surface area contributed by atoms with Gasteiger partial charge in [-0.15, -0.1) is 0 Å². The van der Waals surface area contributed by atoms with E-state index < -0.39 is 0 Å². The van der Waals surface area contributed by atoms with Crippen LogP contribution in [0, 0.1) is 12.3 Å². The smallest absolute Gasteiger partial charge is 0.122 e. The second-order valence-electron chi connectivity index (χ2n) is 11.3. The van der Waals surface area contributed by atoms with Crippen LogP contribution in [0.4, 0.5) is 0 Å². The number of rotatable bonds is 30. The Balaban J connectivity index is 3.02. The molecule has 0 amide bonds. The monoisotopic (exact) mass is 478 g/mol. The van der Waals surface area contributed by atoms with E-state index in [1.165, 1.54) is 173 Å². The Bertz CT molecular complexity index is 364. The molecule has 0 rings (SSSR count). The Morgan fingerprint density at radius 1 is 0.441 bits per heavy atom. The van der Waals surface area contributed by atoms with Crippen LogP contribution in [0.3, 0.4) is 0 Å². The van der Waals surface area contributed by atoms with Gasteiger partial charge in [-0.2, -0.15) is 0 Å². The first-order chi connectivity index (χ1) is 16.8. The van der Waals surface area contributed by atoms with Gasteiger partial charge in [-0.05, 0) is 12.8 Å². The lowest BCUT2D eigenvalue weighted by Crippen LogP contribution is -1.94. The van der Waals surface area contributed by atoms with E-state index in [4.69, 9.17) is 0 Å². The van der Waals surface area contributed by atoms with Crippen LogP contribution in [0.25, 0.3) is 0 Å². The summed E-state index contributed by atoms with van der Waals surface area (Å²) in [6.45, 7) is 4.33. The zero-order valence-electron chi connectivity index (χ0n) is 23.9. The molecule has 1 heteroatoms. The van der Waals surface area contributed by atoms with Gasteiger partial charge in [-0.1, -0.05) is 187 Å². The van der Waals surface area contributed by atoms with E-state index in [1.807, 2.05) is 6.92 Å². The predicted octanol–water partition coefficient (Wildman–Crippen LogP) is 12.0. The van der Waals surface area contributed by atoms with E-state index in [1.54, 1.807) is 0 Å². The summed E-state index contributed by atoms with van der Waals surface area (Å²) in [6.07, 6.45) is 43.2. The maximum absolute atomic E-state index is 10.6. The zero-order valence-corrected chi connectivity index (χ0v) is 23.9. The molecule has 0 bridgehead atoms. The fourth-order valence-electron chi connectivity index (χ4n) is 5.04. The number of hydrogen-bond donors (Lipinski definition) is 0. The van der Waals surface area contributed by atoms with Gasteiger partial charge in [0.15, 0.2) is 0 Å². The van der Waals surface area contributed by atoms with Crippen molar-refractivity contribution < 1.29 is 4.79 Å². The van der Waals surface area contributed by atoms with Gasteiger partial charge >= 0.3 is 0 Å². The van der Waals surface area contributed by atoms with Gasteiger partial charge in [0.2, 0.25) is 0 Å². The summed E-state index contributed by atoms with van der Waals surface area (Å²) < 4.78 is 0. The third-order valence-electron chi connectivity index (χ3n) is 7.56. The molecule has 203 valence electrons. The molecule has 0 fully saturated rings. The highest BCUT2D eigenvalue weighted by molar-refractivity contribution is 5.52. The molecule has 1 nitrogen and oxygen atoms in total. The van der Waals surface area contributed by atoms with Crippen molar-refractivity contribution in [2.45, 2.75) is 194 Å². The van der Waals surface area contributed by atoms with Crippen molar-refractivity contribution >= 4 is 6.29 Å². The maximum atomic E-state index is 10.6. The standard InChI is InChI=1S/C33H65O/c1-3-4-5-6-7-8-9-10-11-12-13-14-15-16-17-18-19-20-21-22-23-24-25-26-27-28-29-30-31-33(2)32-34/h25,32-33H,3-24,26-31H2,1-2H3. The number of carbonyl (C=O) groups excluding carboxylic acids is 1. The van der Waals surface area contributed by atoms with Crippen molar-refractivity contribution in [2.24, 2.45) is 5.92 Å². The van der Waals surface area contributed by atoms with Gasteiger partial charge in [0.05, 0.1) is 0 Å². The summed E-state index contributed by atoms with van der Waals surface area (Å²) in [7, 11) is 0. The van der Waals surface area contributed by atoms with Gasteiger partial charge in [0.1, 0.15) is 6.29 Å². The Labute approximate surface area is 217 Å². The van der Waals surface area contributed by atoms with Gasteiger partial charge in [0.25, 0.3) is 0 Å². The first-order valence-electron chi connectivity index (χ1n) is 16.1. The van der Waals surface area contributed by atoms with E-state index >= 15 is 0 Å². The largest absolute Gasteiger partial charge is 0.303 e. The van der Waals surface area contributed by atoms with Crippen LogP contribution in [0.5, 0.6) is 0 Å². The number of hydrogen-bond acceptors (Lipinski definition) is 1. The lowest BCUT2D eigenvalue weighted by molar-refractivity contribution is -0.110. The molecule has 0 saturated carbocycles. The molecule has 0 aromatic carbocycles. The molecular formula is C33H65O. The average molecular weight is 478 g/mol. The summed E-state index contributed by atoms with van der Waals surface area (Å²) in [4.78, 5) is 10.6. The lowest BCUT2D eigenvalue weighted by atomic mass is 10.0. The van der Waals surface area contributed by atoms with E-state index in [2.05, 4.69) is 13.3 Å². The van der Waals surface area contributed by atoms with Gasteiger partial charge in [-0.3, -0.25) is 0 Å². The topological polar surface area (TPSA) is 17.1 Å². The summed E-state index contributed by atoms with van der Waals surface area (Å²) in [6, 6.07) is 0. The molecule has 0 aromatic heterocycles. The SMILES string of the molecule is CCCCCCCCCCCCCCCCCCCCCCC[CH]CCCCCCC(C)C=O. The third kappa shape index (κ3) is 29.7. The molecule has 0 aliphatic carbocycles. The average Bonchev–Trinajstić information content (AvgIpc) is 2.85. The Kier molecular flexibility index (Phi) is 30.4. The minimum Gasteiger partial charge on any atom is -0.303 e. The highest BCUT2D eigenvalue weighted by Gasteiger charge is 1.99. The normalized spacial score (nSPS) is 12.3. The van der Waals surface area contributed by atoms with Crippen molar-refractivity contribution in [3.8, 4) is 0 Å². The van der Waals surface area contributed by atoms with Gasteiger partial charge < -0.3 is 4.79 Å². The second-order valence-corrected chi connectivity index (χ2v) is 11.3. The van der Waals surface area contributed by atoms with Gasteiger partial charge in [0, 0.05) is 5.92 Å². The number of carbonyl (C=O) groups is 1. The van der Waals surface area contributed by atoms with Crippen molar-refractivity contribution in [1.82, 2.24) is 0 Å². The van der Waals surface area contributed by atoms with E-state index in [0.717, 1.165) is 12.7 Å². The Morgan fingerprint density at radius 2 is 0.735 bits per heavy atom. The summed E-state index contributed by atoms with van der Waals surface area (Å²) in [5.41, 5.74) is 0. The molecule has 0 saturated heterocycles. The fraction of sp³-hybridized carbons (Fsp3) is 0.939. The highest BCUT2D eigenvalue weighted by Crippen LogP contribution is 2.16. The summed E-state index contributed by atoms with van der Waals surface area (Å²) in [5, 5.41) is 0. The highest BCUT2D eigenvalue weighted by atomic mass is 16.1. The number of aldehydes is 1. The van der Waals surface area contributed by atoms with Crippen LogP contribution in [0.1, 0.15) is 194 Å². The van der Waals surface area contributed by atoms with E-state index in [9.17, 15) is 4.79 Å². The molecule has 34 heavy (non-hydrogen) atoms. The first-order valence-corrected chi connectivity index (χ1v) is 16.1. The van der Waals surface area contributed by atoms with Crippen molar-refractivity contribution in [1.29, 1.82) is 0 Å². The maximum Gasteiger partial charge on any atom is 0.122 e. The van der Waals surface area contributed by atoms with Crippen LogP contribution < -0.4 is 0 Å². The molecule has 0 heterocycles. The molecule has 1 atom stereocenters. The van der Waals surface area contributed by atoms with E-state index in [0.29, 0.717) is 0 Å². The summed E-state index contributed by atoms with van der Waals surface area (Å²) in [5.74, 6) is 0.260. The third-order valence-corrected chi connectivity index (χ3v) is 7.56. The zero-order chi connectivity index (χ0) is 24.8. The van der Waals surface area contributed by atoms with Crippen LogP contribution in [0.2, 0.25) is 0 Å². The Hall–Kier alpha value is -0.330. The molecule has 0 aromatic rings. The van der Waals surface area contributed by atoms with Crippen LogP contribution in [0.15, 0.2) is 0 Å². The van der Waals surface area contributed by atoms with Crippen LogP contribution in [-0.4, -0.2) is 6.29 Å². The summed E-state index contributed by atoms with van der Waals surface area (Å²) >= 11 is 0. The first kappa shape index (κ1) is 33.7. The van der Waals surface area contributed by atoms with Crippen molar-refractivity contribution in [3.63, 3.8) is 0 Å². The molecule has 1 radical (unpaired) electrons. The molecule has 1 unspecified atom stereocenters. The molecule has 0 N–H and O–H groups in total. The van der Waals surface area contributed by atoms with Crippen LogP contribution in [-0.2, 0) is 4.79 Å². The Morgan fingerprint density at radius 3 is 1.06 bits per heavy atom. The van der Waals surface area contributed by atoms with E-state index in [-0.39, 0.29) is 5.92 Å². The quantitative estimate of drug-likeness (QED) is 0.0742. The number of unbranched alkanes of at least 4 members (excludes halogenated alkanes) is 27. The molecule has 0 spiro atoms. The predicted molar refractivity (Wildman–Crippen MR) is 154 cm³/mol. The fourth-order valence-corrected chi connectivity index (χ4v) is 5.04.